The molecule has 18 heavy (non-hydrogen) atoms. The highest BCUT2D eigenvalue weighted by molar-refractivity contribution is 5.91. The van der Waals surface area contributed by atoms with E-state index in [0.29, 0.717) is 18.0 Å². The number of amides is 1. The molecule has 1 unspecified atom stereocenters. The summed E-state index contributed by atoms with van der Waals surface area (Å²) >= 11 is 0. The number of nitrogens with zero attached hydrogens (tertiary/aromatic N) is 1. The molecule has 0 aromatic rings. The number of nitrogens with one attached hydrogen (secondary N) is 1. The van der Waals surface area contributed by atoms with Crippen LogP contribution in [0.2, 0.25) is 0 Å². The second kappa shape index (κ2) is 3.96. The topological polar surface area (TPSA) is 32.3 Å². The predicted octanol–water partition coefficient (Wildman–Crippen LogP) is 2.51. The molecule has 2 saturated carbocycles. The maximum Gasteiger partial charge on any atom is 0.244 e. The Bertz CT molecular complexity index is 348. The molecule has 1 aliphatic heterocycles. The smallest absolute Gasteiger partial charge is 0.244 e. The largest absolute Gasteiger partial charge is 0.325 e. The van der Waals surface area contributed by atoms with Gasteiger partial charge in [0.2, 0.25) is 5.91 Å². The maximum atomic E-state index is 12.6. The summed E-state index contributed by atoms with van der Waals surface area (Å²) in [6.45, 7) is 7.57. The van der Waals surface area contributed by atoms with Crippen molar-refractivity contribution >= 4 is 5.91 Å². The van der Waals surface area contributed by atoms with Crippen LogP contribution >= 0.6 is 0 Å². The Morgan fingerprint density at radius 2 is 1.89 bits per heavy atom. The van der Waals surface area contributed by atoms with Crippen LogP contribution in [-0.4, -0.2) is 29.1 Å². The first-order valence-corrected chi connectivity index (χ1v) is 7.50. The third kappa shape index (κ3) is 2.07. The minimum absolute atomic E-state index is 0.140. The zero-order valence-corrected chi connectivity index (χ0v) is 12.0. The number of rotatable bonds is 2. The Kier molecular flexibility index (Phi) is 2.74. The minimum atomic E-state index is -0.140. The molecule has 3 nitrogen and oxygen atoms in total. The Morgan fingerprint density at radius 1 is 1.28 bits per heavy atom. The van der Waals surface area contributed by atoms with Gasteiger partial charge >= 0.3 is 0 Å². The average Bonchev–Trinajstić information content (AvgIpc) is 2.75. The molecule has 102 valence electrons. The third-order valence-corrected chi connectivity index (χ3v) is 4.67. The molecular formula is C15H26N2O. The summed E-state index contributed by atoms with van der Waals surface area (Å²) in [4.78, 5) is 14.8. The van der Waals surface area contributed by atoms with Crippen molar-refractivity contribution < 1.29 is 4.79 Å². The number of carbonyl (C=O) groups is 1. The number of hydrogen-bond acceptors (Lipinski definition) is 2. The van der Waals surface area contributed by atoms with Gasteiger partial charge in [-0.3, -0.25) is 10.1 Å². The molecule has 1 spiro atoms. The SMILES string of the molecule is CC(C)(C)CN1C(=O)C2(CC2)NC1C1CCCC1. The van der Waals surface area contributed by atoms with Crippen molar-refractivity contribution in [2.24, 2.45) is 11.3 Å². The van der Waals surface area contributed by atoms with Crippen molar-refractivity contribution in [2.75, 3.05) is 6.54 Å². The molecule has 0 aromatic heterocycles. The first kappa shape index (κ1) is 12.5. The van der Waals surface area contributed by atoms with Crippen molar-refractivity contribution in [3.05, 3.63) is 0 Å². The number of hydrogen-bond donors (Lipinski definition) is 1. The van der Waals surface area contributed by atoms with Crippen molar-refractivity contribution in [1.82, 2.24) is 10.2 Å². The van der Waals surface area contributed by atoms with Crippen molar-refractivity contribution in [3.8, 4) is 0 Å². The fourth-order valence-electron chi connectivity index (χ4n) is 3.63. The molecule has 3 aliphatic rings. The Labute approximate surface area is 110 Å². The molecule has 1 N–H and O–H groups in total. The van der Waals surface area contributed by atoms with E-state index in [0.717, 1.165) is 19.4 Å². The highest BCUT2D eigenvalue weighted by Gasteiger charge is 2.60. The summed E-state index contributed by atoms with van der Waals surface area (Å²) < 4.78 is 0. The fourth-order valence-corrected chi connectivity index (χ4v) is 3.63. The van der Waals surface area contributed by atoms with Gasteiger partial charge < -0.3 is 4.90 Å². The normalized spacial score (nSPS) is 31.6. The monoisotopic (exact) mass is 250 g/mol. The van der Waals surface area contributed by atoms with E-state index in [-0.39, 0.29) is 11.0 Å². The van der Waals surface area contributed by atoms with Gasteiger partial charge in [0.1, 0.15) is 0 Å². The molecule has 0 radical (unpaired) electrons. The minimum Gasteiger partial charge on any atom is -0.325 e. The van der Waals surface area contributed by atoms with Gasteiger partial charge in [-0.2, -0.15) is 0 Å². The molecule has 1 amide bonds. The van der Waals surface area contributed by atoms with E-state index < -0.39 is 0 Å². The van der Waals surface area contributed by atoms with Crippen LogP contribution in [0.4, 0.5) is 0 Å². The lowest BCUT2D eigenvalue weighted by Crippen LogP contribution is -2.46. The van der Waals surface area contributed by atoms with Crippen LogP contribution in [0.3, 0.4) is 0 Å². The molecule has 1 atom stereocenters. The van der Waals surface area contributed by atoms with E-state index in [1.807, 2.05) is 0 Å². The lowest BCUT2D eigenvalue weighted by atomic mass is 9.94. The lowest BCUT2D eigenvalue weighted by molar-refractivity contribution is -0.132. The highest BCUT2D eigenvalue weighted by Crippen LogP contribution is 2.46. The first-order valence-electron chi connectivity index (χ1n) is 7.50. The van der Waals surface area contributed by atoms with Gasteiger partial charge in [0.25, 0.3) is 0 Å². The Morgan fingerprint density at radius 3 is 2.39 bits per heavy atom. The first-order chi connectivity index (χ1) is 8.41. The molecule has 3 heteroatoms. The van der Waals surface area contributed by atoms with E-state index in [4.69, 9.17) is 0 Å². The molecule has 2 aliphatic carbocycles. The molecule has 1 heterocycles. The second-order valence-corrected chi connectivity index (χ2v) is 7.71. The van der Waals surface area contributed by atoms with Gasteiger partial charge in [0.15, 0.2) is 0 Å². The van der Waals surface area contributed by atoms with E-state index in [2.05, 4.69) is 31.0 Å². The van der Waals surface area contributed by atoms with Crippen LogP contribution in [-0.2, 0) is 4.79 Å². The van der Waals surface area contributed by atoms with Crippen LogP contribution in [0.15, 0.2) is 0 Å². The summed E-state index contributed by atoms with van der Waals surface area (Å²) in [6.07, 6.45) is 7.69. The molecule has 3 fully saturated rings. The molecule has 0 aromatic carbocycles. The third-order valence-electron chi connectivity index (χ3n) is 4.67. The van der Waals surface area contributed by atoms with Gasteiger partial charge in [-0.1, -0.05) is 33.6 Å². The quantitative estimate of drug-likeness (QED) is 0.816. The van der Waals surface area contributed by atoms with Crippen molar-refractivity contribution in [1.29, 1.82) is 0 Å². The van der Waals surface area contributed by atoms with Crippen molar-refractivity contribution in [2.45, 2.75) is 71.0 Å². The predicted molar refractivity (Wildman–Crippen MR) is 72.0 cm³/mol. The molecular weight excluding hydrogens is 224 g/mol. The molecule has 1 saturated heterocycles. The van der Waals surface area contributed by atoms with Crippen LogP contribution in [0, 0.1) is 11.3 Å². The van der Waals surface area contributed by atoms with E-state index in [9.17, 15) is 4.79 Å². The summed E-state index contributed by atoms with van der Waals surface area (Å²) in [5.41, 5.74) is 0.0487. The molecule has 3 rings (SSSR count). The van der Waals surface area contributed by atoms with Gasteiger partial charge in [-0.15, -0.1) is 0 Å². The van der Waals surface area contributed by atoms with Crippen LogP contribution < -0.4 is 5.32 Å². The van der Waals surface area contributed by atoms with Crippen LogP contribution in [0.25, 0.3) is 0 Å². The second-order valence-electron chi connectivity index (χ2n) is 7.71. The van der Waals surface area contributed by atoms with Crippen molar-refractivity contribution in [3.63, 3.8) is 0 Å². The standard InChI is InChI=1S/C15H26N2O/c1-14(2,3)10-17-12(11-6-4-5-7-11)16-15(8-9-15)13(17)18/h11-12,16H,4-10H2,1-3H3. The highest BCUT2D eigenvalue weighted by atomic mass is 16.2. The Balaban J connectivity index is 1.79. The van der Waals surface area contributed by atoms with Crippen LogP contribution in [0.5, 0.6) is 0 Å². The maximum absolute atomic E-state index is 12.6. The summed E-state index contributed by atoms with van der Waals surface area (Å²) in [7, 11) is 0. The fraction of sp³-hybridized carbons (Fsp3) is 0.933. The van der Waals surface area contributed by atoms with E-state index in [1.165, 1.54) is 25.7 Å². The lowest BCUT2D eigenvalue weighted by Gasteiger charge is -2.33. The van der Waals surface area contributed by atoms with Crippen LogP contribution in [0.1, 0.15) is 59.3 Å². The summed E-state index contributed by atoms with van der Waals surface area (Å²) in [5, 5.41) is 3.68. The van der Waals surface area contributed by atoms with E-state index in [1.54, 1.807) is 0 Å². The average molecular weight is 250 g/mol. The van der Waals surface area contributed by atoms with Gasteiger partial charge in [0, 0.05) is 6.54 Å². The Hall–Kier alpha value is -0.570. The summed E-state index contributed by atoms with van der Waals surface area (Å²) in [6, 6.07) is 0. The zero-order valence-electron chi connectivity index (χ0n) is 12.0. The van der Waals surface area contributed by atoms with Gasteiger partial charge in [-0.25, -0.2) is 0 Å². The van der Waals surface area contributed by atoms with Gasteiger partial charge in [0.05, 0.1) is 11.7 Å². The summed E-state index contributed by atoms with van der Waals surface area (Å²) in [5.74, 6) is 1.07. The molecule has 0 bridgehead atoms. The number of carbonyl (C=O) groups excluding carboxylic acids is 1. The zero-order chi connectivity index (χ0) is 13.0. The van der Waals surface area contributed by atoms with E-state index >= 15 is 0 Å². The van der Waals surface area contributed by atoms with Gasteiger partial charge in [-0.05, 0) is 37.0 Å².